The fourth-order valence-electron chi connectivity index (χ4n) is 3.90. The van der Waals surface area contributed by atoms with Crippen LogP contribution in [-0.2, 0) is 6.54 Å². The number of benzene rings is 2. The van der Waals surface area contributed by atoms with E-state index in [4.69, 9.17) is 4.74 Å². The first-order valence-electron chi connectivity index (χ1n) is 9.82. The van der Waals surface area contributed by atoms with Gasteiger partial charge in [0.15, 0.2) is 0 Å². The number of ether oxygens (including phenoxy) is 1. The van der Waals surface area contributed by atoms with Crippen LogP contribution in [0.2, 0.25) is 0 Å². The summed E-state index contributed by atoms with van der Waals surface area (Å²) >= 11 is 0. The lowest BCUT2D eigenvalue weighted by atomic mass is 10.1. The quantitative estimate of drug-likeness (QED) is 0.800. The molecule has 2 aromatic rings. The summed E-state index contributed by atoms with van der Waals surface area (Å²) in [5.74, 6) is 2.03. The van der Waals surface area contributed by atoms with Crippen LogP contribution in [0.15, 0.2) is 53.5 Å². The molecule has 0 aliphatic carbocycles. The molecular weight excluding hydrogens is 336 g/mol. The summed E-state index contributed by atoms with van der Waals surface area (Å²) in [5, 5.41) is 3.52. The summed E-state index contributed by atoms with van der Waals surface area (Å²) in [5.41, 5.74) is 3.80. The molecule has 27 heavy (non-hydrogen) atoms. The molecule has 5 nitrogen and oxygen atoms in total. The molecule has 142 valence electrons. The van der Waals surface area contributed by atoms with Crippen LogP contribution in [0.3, 0.4) is 0 Å². The topological polar surface area (TPSA) is 40.1 Å². The van der Waals surface area contributed by atoms with Crippen molar-refractivity contribution in [2.24, 2.45) is 4.99 Å². The van der Waals surface area contributed by atoms with E-state index in [0.29, 0.717) is 0 Å². The van der Waals surface area contributed by atoms with Crippen molar-refractivity contribution in [3.8, 4) is 5.75 Å². The molecule has 2 aliphatic heterocycles. The third-order valence-electron chi connectivity index (χ3n) is 5.42. The molecule has 0 aromatic heterocycles. The van der Waals surface area contributed by atoms with Crippen LogP contribution in [-0.4, -0.2) is 57.1 Å². The Bertz CT molecular complexity index is 796. The van der Waals surface area contributed by atoms with Crippen molar-refractivity contribution in [1.29, 1.82) is 0 Å². The van der Waals surface area contributed by atoms with Gasteiger partial charge in [-0.05, 0) is 30.7 Å². The Morgan fingerprint density at radius 2 is 1.78 bits per heavy atom. The van der Waals surface area contributed by atoms with Crippen molar-refractivity contribution >= 4 is 11.5 Å². The van der Waals surface area contributed by atoms with Gasteiger partial charge < -0.3 is 15.0 Å². The van der Waals surface area contributed by atoms with E-state index in [0.717, 1.165) is 63.8 Å². The first kappa shape index (κ1) is 17.9. The number of methoxy groups -OCH3 is 1. The molecule has 5 heteroatoms. The van der Waals surface area contributed by atoms with E-state index in [9.17, 15) is 0 Å². The number of rotatable bonds is 6. The number of nitrogens with zero attached hydrogens (tertiary/aromatic N) is 3. The van der Waals surface area contributed by atoms with Gasteiger partial charge in [0.05, 0.1) is 19.3 Å². The number of para-hydroxylation sites is 2. The zero-order valence-electron chi connectivity index (χ0n) is 16.0. The smallest absolute Gasteiger partial charge is 0.142 e. The van der Waals surface area contributed by atoms with Crippen molar-refractivity contribution in [3.05, 3.63) is 59.7 Å². The number of anilines is 1. The van der Waals surface area contributed by atoms with Gasteiger partial charge in [-0.15, -0.1) is 0 Å². The monoisotopic (exact) mass is 364 g/mol. The summed E-state index contributed by atoms with van der Waals surface area (Å²) in [7, 11) is 1.75. The first-order chi connectivity index (χ1) is 13.3. The Kier molecular flexibility index (Phi) is 5.58. The molecule has 1 saturated heterocycles. The highest BCUT2D eigenvalue weighted by Gasteiger charge is 2.19. The highest BCUT2D eigenvalue weighted by Crippen LogP contribution is 2.28. The Balaban J connectivity index is 1.19. The molecule has 2 heterocycles. The van der Waals surface area contributed by atoms with Gasteiger partial charge in [0, 0.05) is 38.3 Å². The van der Waals surface area contributed by atoms with Crippen LogP contribution in [0.5, 0.6) is 5.75 Å². The molecule has 1 fully saturated rings. The lowest BCUT2D eigenvalue weighted by molar-refractivity contribution is 0.254. The van der Waals surface area contributed by atoms with Crippen LogP contribution < -0.4 is 15.0 Å². The number of aliphatic imine (C=N–C) groups is 1. The van der Waals surface area contributed by atoms with Gasteiger partial charge in [-0.1, -0.05) is 36.4 Å². The average Bonchev–Trinajstić information content (AvgIpc) is 3.15. The Labute approximate surface area is 161 Å². The normalized spacial score (nSPS) is 16.8. The van der Waals surface area contributed by atoms with E-state index in [1.807, 2.05) is 12.1 Å². The maximum atomic E-state index is 5.50. The lowest BCUT2D eigenvalue weighted by Gasteiger charge is -2.36. The standard InChI is InChI=1S/C22H28N4O/c1-27-21-10-5-4-9-20(21)26-15-13-25(14-16-26)12-6-11-23-22-19-8-3-2-7-18(19)17-24-22/h2-5,7-10H,6,11-17H2,1H3,(H,23,24). The largest absolute Gasteiger partial charge is 0.495 e. The predicted molar refractivity (Wildman–Crippen MR) is 111 cm³/mol. The van der Waals surface area contributed by atoms with Crippen molar-refractivity contribution in [1.82, 2.24) is 10.2 Å². The minimum absolute atomic E-state index is 0.809. The fourth-order valence-corrected chi connectivity index (χ4v) is 3.90. The van der Waals surface area contributed by atoms with Crippen molar-refractivity contribution in [2.45, 2.75) is 13.0 Å². The number of amidine groups is 1. The van der Waals surface area contributed by atoms with E-state index in [1.165, 1.54) is 16.8 Å². The molecule has 0 unspecified atom stereocenters. The van der Waals surface area contributed by atoms with Gasteiger partial charge in [0.25, 0.3) is 0 Å². The first-order valence-corrected chi connectivity index (χ1v) is 9.82. The molecule has 0 amide bonds. The third kappa shape index (κ3) is 4.08. The lowest BCUT2D eigenvalue weighted by Crippen LogP contribution is -2.47. The Hall–Kier alpha value is -2.53. The molecular formula is C22H28N4O. The molecule has 0 bridgehead atoms. The zero-order chi connectivity index (χ0) is 18.5. The fraction of sp³-hybridized carbons (Fsp3) is 0.409. The minimum atomic E-state index is 0.809. The van der Waals surface area contributed by atoms with Crippen LogP contribution in [0.4, 0.5) is 5.69 Å². The number of hydrogen-bond donors (Lipinski definition) is 1. The number of piperazine rings is 1. The van der Waals surface area contributed by atoms with Gasteiger partial charge in [-0.3, -0.25) is 9.89 Å². The molecule has 4 rings (SSSR count). The average molecular weight is 364 g/mol. The second kappa shape index (κ2) is 8.44. The summed E-state index contributed by atoms with van der Waals surface area (Å²) in [6, 6.07) is 16.8. The SMILES string of the molecule is COc1ccccc1N1CCN(CCCNC2=NCc3ccccc32)CC1. The molecule has 0 radical (unpaired) electrons. The summed E-state index contributed by atoms with van der Waals surface area (Å²) < 4.78 is 5.50. The molecule has 0 atom stereocenters. The van der Waals surface area contributed by atoms with Gasteiger partial charge in [-0.25, -0.2) is 0 Å². The zero-order valence-corrected chi connectivity index (χ0v) is 16.0. The van der Waals surface area contributed by atoms with E-state index in [1.54, 1.807) is 7.11 Å². The maximum Gasteiger partial charge on any atom is 0.142 e. The highest BCUT2D eigenvalue weighted by molar-refractivity contribution is 6.01. The van der Waals surface area contributed by atoms with Crippen LogP contribution >= 0.6 is 0 Å². The van der Waals surface area contributed by atoms with Crippen molar-refractivity contribution < 1.29 is 4.74 Å². The van der Waals surface area contributed by atoms with E-state index in [-0.39, 0.29) is 0 Å². The second-order valence-electron chi connectivity index (χ2n) is 7.10. The Morgan fingerprint density at radius 1 is 1.00 bits per heavy atom. The molecule has 0 spiro atoms. The summed E-state index contributed by atoms with van der Waals surface area (Å²) in [4.78, 5) is 9.60. The van der Waals surface area contributed by atoms with Gasteiger partial charge >= 0.3 is 0 Å². The number of nitrogens with one attached hydrogen (secondary N) is 1. The van der Waals surface area contributed by atoms with Gasteiger partial charge in [-0.2, -0.15) is 0 Å². The van der Waals surface area contributed by atoms with Crippen LogP contribution in [0, 0.1) is 0 Å². The van der Waals surface area contributed by atoms with Gasteiger partial charge in [0.1, 0.15) is 11.6 Å². The number of hydrogen-bond acceptors (Lipinski definition) is 5. The van der Waals surface area contributed by atoms with Crippen LogP contribution in [0.25, 0.3) is 0 Å². The Morgan fingerprint density at radius 3 is 2.63 bits per heavy atom. The van der Waals surface area contributed by atoms with Gasteiger partial charge in [0.2, 0.25) is 0 Å². The van der Waals surface area contributed by atoms with Crippen molar-refractivity contribution in [2.75, 3.05) is 51.3 Å². The third-order valence-corrected chi connectivity index (χ3v) is 5.42. The molecule has 1 N–H and O–H groups in total. The van der Waals surface area contributed by atoms with E-state index < -0.39 is 0 Å². The minimum Gasteiger partial charge on any atom is -0.495 e. The molecule has 0 saturated carbocycles. The number of fused-ring (bicyclic) bond motifs is 1. The predicted octanol–water partition coefficient (Wildman–Crippen LogP) is 2.76. The maximum absolute atomic E-state index is 5.50. The second-order valence-corrected chi connectivity index (χ2v) is 7.10. The summed E-state index contributed by atoms with van der Waals surface area (Å²) in [6.07, 6.45) is 1.13. The van der Waals surface area contributed by atoms with Crippen molar-refractivity contribution in [3.63, 3.8) is 0 Å². The van der Waals surface area contributed by atoms with E-state index in [2.05, 4.69) is 56.5 Å². The summed E-state index contributed by atoms with van der Waals surface area (Å²) in [6.45, 7) is 7.20. The molecule has 2 aliphatic rings. The van der Waals surface area contributed by atoms with Crippen LogP contribution in [0.1, 0.15) is 17.5 Å². The molecule has 2 aromatic carbocycles. The highest BCUT2D eigenvalue weighted by atomic mass is 16.5. The van der Waals surface area contributed by atoms with E-state index >= 15 is 0 Å².